The first-order valence-corrected chi connectivity index (χ1v) is 12.9. The van der Waals surface area contributed by atoms with E-state index in [9.17, 15) is 17.6 Å². The van der Waals surface area contributed by atoms with Gasteiger partial charge in [-0.2, -0.15) is 5.10 Å². The van der Waals surface area contributed by atoms with Crippen molar-refractivity contribution >= 4 is 27.8 Å². The lowest BCUT2D eigenvalue weighted by atomic mass is 10.2. The molecular formula is C27H28FN3O5S. The average Bonchev–Trinajstić information content (AvgIpc) is 2.88. The van der Waals surface area contributed by atoms with Gasteiger partial charge in [0.2, 0.25) is 0 Å². The predicted molar refractivity (Wildman–Crippen MR) is 141 cm³/mol. The summed E-state index contributed by atoms with van der Waals surface area (Å²) in [5, 5.41) is 3.95. The van der Waals surface area contributed by atoms with Crippen LogP contribution in [0.4, 0.5) is 10.1 Å². The van der Waals surface area contributed by atoms with Crippen molar-refractivity contribution in [3.8, 4) is 11.5 Å². The van der Waals surface area contributed by atoms with Gasteiger partial charge in [-0.05, 0) is 74.0 Å². The van der Waals surface area contributed by atoms with Gasteiger partial charge < -0.3 is 9.47 Å². The van der Waals surface area contributed by atoms with Gasteiger partial charge in [0.25, 0.3) is 15.9 Å². The molecule has 0 radical (unpaired) electrons. The van der Waals surface area contributed by atoms with E-state index in [2.05, 4.69) is 17.1 Å². The fourth-order valence-corrected chi connectivity index (χ4v) is 4.67. The van der Waals surface area contributed by atoms with Crippen molar-refractivity contribution in [3.63, 3.8) is 0 Å². The van der Waals surface area contributed by atoms with Crippen LogP contribution in [0, 0.1) is 12.7 Å². The van der Waals surface area contributed by atoms with Crippen molar-refractivity contribution in [1.82, 2.24) is 5.43 Å². The van der Waals surface area contributed by atoms with Crippen LogP contribution in [0.2, 0.25) is 0 Å². The molecule has 1 N–H and O–H groups in total. The van der Waals surface area contributed by atoms with Crippen LogP contribution in [0.3, 0.4) is 0 Å². The Hall–Kier alpha value is -4.18. The number of benzene rings is 3. The third kappa shape index (κ3) is 7.40. The lowest BCUT2D eigenvalue weighted by Gasteiger charge is -2.23. The molecule has 0 unspecified atom stereocenters. The molecule has 37 heavy (non-hydrogen) atoms. The molecule has 0 aliphatic carbocycles. The number of aryl methyl sites for hydroxylation is 1. The van der Waals surface area contributed by atoms with E-state index in [1.807, 2.05) is 13.8 Å². The van der Waals surface area contributed by atoms with E-state index in [0.29, 0.717) is 30.3 Å². The van der Waals surface area contributed by atoms with Crippen LogP contribution in [0.1, 0.15) is 18.1 Å². The minimum Gasteiger partial charge on any atom is -0.490 e. The second kappa shape index (κ2) is 12.7. The lowest BCUT2D eigenvalue weighted by molar-refractivity contribution is -0.119. The number of hydrazone groups is 1. The highest BCUT2D eigenvalue weighted by Crippen LogP contribution is 2.28. The van der Waals surface area contributed by atoms with E-state index in [0.717, 1.165) is 34.1 Å². The maximum atomic E-state index is 13.4. The first-order valence-electron chi connectivity index (χ1n) is 11.4. The summed E-state index contributed by atoms with van der Waals surface area (Å²) in [4.78, 5) is 12.6. The number of ether oxygens (including phenoxy) is 2. The van der Waals surface area contributed by atoms with E-state index in [4.69, 9.17) is 9.47 Å². The zero-order valence-corrected chi connectivity index (χ0v) is 21.4. The van der Waals surface area contributed by atoms with Gasteiger partial charge >= 0.3 is 0 Å². The topological polar surface area (TPSA) is 97.3 Å². The fourth-order valence-electron chi connectivity index (χ4n) is 3.25. The number of anilines is 1. The number of nitrogens with one attached hydrogen (secondary N) is 1. The fraction of sp³-hybridized carbons (Fsp3) is 0.185. The van der Waals surface area contributed by atoms with E-state index in [-0.39, 0.29) is 10.6 Å². The van der Waals surface area contributed by atoms with Gasteiger partial charge in [0, 0.05) is 0 Å². The smallest absolute Gasteiger partial charge is 0.264 e. The number of carbonyl (C=O) groups excluding carboxylic acids is 1. The molecule has 0 fully saturated rings. The largest absolute Gasteiger partial charge is 0.490 e. The molecule has 194 valence electrons. The molecule has 3 rings (SSSR count). The summed E-state index contributed by atoms with van der Waals surface area (Å²) < 4.78 is 52.1. The summed E-state index contributed by atoms with van der Waals surface area (Å²) in [5.74, 6) is -0.183. The molecule has 0 aliphatic heterocycles. The van der Waals surface area contributed by atoms with E-state index in [1.54, 1.807) is 48.5 Å². The summed E-state index contributed by atoms with van der Waals surface area (Å²) in [7, 11) is -4.16. The Labute approximate surface area is 216 Å². The molecule has 8 nitrogen and oxygen atoms in total. The third-order valence-corrected chi connectivity index (χ3v) is 6.83. The first-order chi connectivity index (χ1) is 17.7. The molecule has 0 heterocycles. The van der Waals surface area contributed by atoms with Crippen LogP contribution in [-0.4, -0.2) is 40.3 Å². The van der Waals surface area contributed by atoms with Crippen LogP contribution in [-0.2, 0) is 14.8 Å². The summed E-state index contributed by atoms with van der Waals surface area (Å²) in [6.07, 6.45) is 3.03. The van der Waals surface area contributed by atoms with Gasteiger partial charge in [0.05, 0.1) is 23.4 Å². The second-order valence-electron chi connectivity index (χ2n) is 7.83. The van der Waals surface area contributed by atoms with Crippen LogP contribution >= 0.6 is 0 Å². The van der Waals surface area contributed by atoms with Crippen LogP contribution < -0.4 is 19.2 Å². The van der Waals surface area contributed by atoms with Gasteiger partial charge in [-0.1, -0.05) is 30.4 Å². The Bertz CT molecular complexity index is 1360. The third-order valence-electron chi connectivity index (χ3n) is 5.04. The maximum absolute atomic E-state index is 13.4. The minimum atomic E-state index is -4.16. The second-order valence-corrected chi connectivity index (χ2v) is 9.70. The molecule has 0 atom stereocenters. The molecule has 0 spiro atoms. The summed E-state index contributed by atoms with van der Waals surface area (Å²) in [5.41, 5.74) is 4.19. The quantitative estimate of drug-likeness (QED) is 0.214. The molecule has 0 bridgehead atoms. The van der Waals surface area contributed by atoms with E-state index in [1.165, 1.54) is 6.21 Å². The maximum Gasteiger partial charge on any atom is 0.264 e. The summed E-state index contributed by atoms with van der Waals surface area (Å²) >= 11 is 0. The predicted octanol–water partition coefficient (Wildman–Crippen LogP) is 4.44. The SMILES string of the molecule is C=CCOc1ccc(/C=N\NC(=O)CN(c2ccc(C)cc2)S(=O)(=O)c2ccc(F)cc2)cc1OCC. The minimum absolute atomic E-state index is 0.145. The molecule has 0 aliphatic rings. The first kappa shape index (κ1) is 27.4. The van der Waals surface area contributed by atoms with Gasteiger partial charge in [0.1, 0.15) is 19.0 Å². The standard InChI is InChI=1S/C27H28FN3O5S/c1-4-16-36-25-15-8-21(17-26(25)35-5-2)18-29-30-27(32)19-31(23-11-6-20(3)7-12-23)37(33,34)24-13-9-22(28)10-14-24/h4,6-15,17-18H,1,5,16,19H2,2-3H3,(H,30,32)/b29-18-. The number of carbonyl (C=O) groups is 1. The average molecular weight is 526 g/mol. The van der Waals surface area contributed by atoms with Crippen molar-refractivity contribution in [2.45, 2.75) is 18.7 Å². The number of nitrogens with zero attached hydrogens (tertiary/aromatic N) is 2. The zero-order valence-electron chi connectivity index (χ0n) is 20.6. The van der Waals surface area contributed by atoms with Gasteiger partial charge in [0.15, 0.2) is 11.5 Å². The number of rotatable bonds is 12. The Balaban J connectivity index is 1.78. The molecular weight excluding hydrogens is 497 g/mol. The Morgan fingerprint density at radius 3 is 2.41 bits per heavy atom. The number of halogens is 1. The van der Waals surface area contributed by atoms with Crippen LogP contribution in [0.5, 0.6) is 11.5 Å². The van der Waals surface area contributed by atoms with Crippen molar-refractivity contribution in [2.24, 2.45) is 5.10 Å². The van der Waals surface area contributed by atoms with Crippen LogP contribution in [0.25, 0.3) is 0 Å². The van der Waals surface area contributed by atoms with Crippen molar-refractivity contribution < 1.29 is 27.1 Å². The van der Waals surface area contributed by atoms with Gasteiger partial charge in [-0.3, -0.25) is 9.10 Å². The highest BCUT2D eigenvalue weighted by molar-refractivity contribution is 7.92. The molecule has 1 amide bonds. The van der Waals surface area contributed by atoms with Crippen molar-refractivity contribution in [1.29, 1.82) is 0 Å². The Kier molecular flexibility index (Phi) is 9.39. The number of hydrogen-bond acceptors (Lipinski definition) is 6. The normalized spacial score (nSPS) is 11.2. The van der Waals surface area contributed by atoms with Gasteiger partial charge in [-0.15, -0.1) is 0 Å². The monoisotopic (exact) mass is 525 g/mol. The summed E-state index contributed by atoms with van der Waals surface area (Å²) in [6, 6.07) is 16.2. The van der Waals surface area contributed by atoms with Gasteiger partial charge in [-0.25, -0.2) is 18.2 Å². The molecule has 0 aromatic heterocycles. The highest BCUT2D eigenvalue weighted by Gasteiger charge is 2.27. The molecule has 0 saturated heterocycles. The molecule has 3 aromatic carbocycles. The van der Waals surface area contributed by atoms with Crippen molar-refractivity contribution in [2.75, 3.05) is 24.1 Å². The van der Waals surface area contributed by atoms with E-state index < -0.39 is 28.3 Å². The molecule has 0 saturated carbocycles. The highest BCUT2D eigenvalue weighted by atomic mass is 32.2. The number of sulfonamides is 1. The van der Waals surface area contributed by atoms with Crippen LogP contribution in [0.15, 0.2) is 89.4 Å². The summed E-state index contributed by atoms with van der Waals surface area (Å²) in [6.45, 7) is 7.54. The number of hydrogen-bond donors (Lipinski definition) is 1. The molecule has 3 aromatic rings. The lowest BCUT2D eigenvalue weighted by Crippen LogP contribution is -2.39. The number of amides is 1. The molecule has 10 heteroatoms. The van der Waals surface area contributed by atoms with E-state index >= 15 is 0 Å². The van der Waals surface area contributed by atoms with Crippen molar-refractivity contribution in [3.05, 3.63) is 96.3 Å². The Morgan fingerprint density at radius 2 is 1.76 bits per heavy atom. The Morgan fingerprint density at radius 1 is 1.05 bits per heavy atom. The zero-order chi connectivity index (χ0) is 26.8.